The van der Waals surface area contributed by atoms with Gasteiger partial charge in [0.05, 0.1) is 0 Å². The second-order valence-electron chi connectivity index (χ2n) is 5.12. The van der Waals surface area contributed by atoms with Crippen LogP contribution in [0, 0.1) is 13.8 Å². The number of rotatable bonds is 4. The van der Waals surface area contributed by atoms with Gasteiger partial charge in [0, 0.05) is 11.4 Å². The van der Waals surface area contributed by atoms with Crippen molar-refractivity contribution < 1.29 is 26.4 Å². The minimum atomic E-state index is -0.129. The van der Waals surface area contributed by atoms with Gasteiger partial charge in [-0.1, -0.05) is 35.8 Å². The summed E-state index contributed by atoms with van der Waals surface area (Å²) in [4.78, 5) is 21.8. The van der Waals surface area contributed by atoms with Gasteiger partial charge in [-0.2, -0.15) is 0 Å². The first-order chi connectivity index (χ1) is 11.4. The molecule has 2 rings (SSSR count). The van der Waals surface area contributed by atoms with Crippen molar-refractivity contribution in [2.75, 3.05) is 22.1 Å². The summed E-state index contributed by atoms with van der Waals surface area (Å²) in [6.45, 7) is 3.95. The van der Waals surface area contributed by atoms with Crippen molar-refractivity contribution >= 4 is 48.4 Å². The predicted octanol–water partition coefficient (Wildman–Crippen LogP) is 2.96. The summed E-state index contributed by atoms with van der Waals surface area (Å²) < 4.78 is 0. The molecule has 0 heterocycles. The maximum absolute atomic E-state index is 10.9. The van der Waals surface area contributed by atoms with Crippen LogP contribution in [0.2, 0.25) is 0 Å². The summed E-state index contributed by atoms with van der Waals surface area (Å²) in [5, 5.41) is 5.38. The number of hydrogen-bond donors (Lipinski definition) is 2. The van der Waals surface area contributed by atoms with E-state index in [0.29, 0.717) is 0 Å². The predicted molar refractivity (Wildman–Crippen MR) is 104 cm³/mol. The molecule has 25 heavy (non-hydrogen) atoms. The van der Waals surface area contributed by atoms with Crippen LogP contribution in [-0.4, -0.2) is 23.3 Å². The van der Waals surface area contributed by atoms with E-state index in [0.717, 1.165) is 22.5 Å². The fraction of sp³-hybridized carbons (Fsp3) is 0.222. The SMILES string of the molecule is Cc1cccc(NC(=O)C[S-])c1.Cc1cccc(NC(=O)C[S-])c1.[Co+2]. The standard InChI is InChI=1S/2C9H11NOS.Co/c2*1-7-3-2-4-8(5-7)10-9(11)6-12;/h2*2-5,12H,6H2,1H3,(H,10,11);/q;;+2/p-2. The van der Waals surface area contributed by atoms with E-state index >= 15 is 0 Å². The number of nitrogens with one attached hydrogen (secondary N) is 2. The van der Waals surface area contributed by atoms with E-state index in [9.17, 15) is 9.59 Å². The van der Waals surface area contributed by atoms with E-state index in [1.165, 1.54) is 0 Å². The molecule has 0 aromatic heterocycles. The minimum absolute atomic E-state index is 0. The molecule has 0 fully saturated rings. The third kappa shape index (κ3) is 10.2. The van der Waals surface area contributed by atoms with Crippen LogP contribution < -0.4 is 10.6 Å². The van der Waals surface area contributed by atoms with Crippen molar-refractivity contribution in [2.45, 2.75) is 13.8 Å². The van der Waals surface area contributed by atoms with Crippen LogP contribution in [0.4, 0.5) is 11.4 Å². The topological polar surface area (TPSA) is 58.2 Å². The van der Waals surface area contributed by atoms with Gasteiger partial charge in [-0.3, -0.25) is 9.59 Å². The molecule has 2 aromatic carbocycles. The van der Waals surface area contributed by atoms with E-state index < -0.39 is 0 Å². The summed E-state index contributed by atoms with van der Waals surface area (Å²) in [6, 6.07) is 15.2. The molecule has 0 saturated carbocycles. The maximum Gasteiger partial charge on any atom is 2.00 e. The summed E-state index contributed by atoms with van der Waals surface area (Å²) in [7, 11) is 0. The van der Waals surface area contributed by atoms with Gasteiger partial charge in [0.15, 0.2) is 11.8 Å². The van der Waals surface area contributed by atoms with Crippen LogP contribution in [0.5, 0.6) is 0 Å². The average molecular weight is 419 g/mol. The molecule has 7 heteroatoms. The molecule has 0 saturated heterocycles. The minimum Gasteiger partial charge on any atom is -0.783 e. The number of carbonyl (C=O) groups is 2. The number of carbonyl (C=O) groups excluding carboxylic acids is 2. The van der Waals surface area contributed by atoms with E-state index in [1.807, 2.05) is 62.4 Å². The van der Waals surface area contributed by atoms with Gasteiger partial charge in [0.25, 0.3) is 0 Å². The Morgan fingerprint density at radius 2 is 1.16 bits per heavy atom. The first kappa shape index (κ1) is 23.6. The molecule has 2 aromatic rings. The van der Waals surface area contributed by atoms with Gasteiger partial charge < -0.3 is 35.9 Å². The van der Waals surface area contributed by atoms with Crippen molar-refractivity contribution in [2.24, 2.45) is 0 Å². The van der Waals surface area contributed by atoms with Crippen molar-refractivity contribution in [1.29, 1.82) is 0 Å². The number of hydrogen-bond acceptors (Lipinski definition) is 4. The molecule has 0 aliphatic carbocycles. The van der Waals surface area contributed by atoms with Crippen LogP contribution >= 0.6 is 0 Å². The van der Waals surface area contributed by atoms with Crippen LogP contribution in [-0.2, 0) is 51.6 Å². The van der Waals surface area contributed by atoms with Crippen LogP contribution in [0.3, 0.4) is 0 Å². The molecule has 2 amide bonds. The van der Waals surface area contributed by atoms with Crippen molar-refractivity contribution in [1.82, 2.24) is 0 Å². The molecule has 0 aliphatic heterocycles. The van der Waals surface area contributed by atoms with Crippen molar-refractivity contribution in [3.05, 3.63) is 59.7 Å². The van der Waals surface area contributed by atoms with Crippen LogP contribution in [0.25, 0.3) is 0 Å². The van der Waals surface area contributed by atoms with Gasteiger partial charge in [0.1, 0.15) is 0 Å². The number of amides is 2. The Kier molecular flexibility index (Phi) is 12.2. The number of anilines is 2. The van der Waals surface area contributed by atoms with Gasteiger partial charge in [-0.25, -0.2) is 0 Å². The Hall–Kier alpha value is -1.41. The molecule has 135 valence electrons. The van der Waals surface area contributed by atoms with E-state index in [1.54, 1.807) is 0 Å². The second kappa shape index (κ2) is 12.9. The molecule has 0 bridgehead atoms. The normalized spacial score (nSPS) is 9.12. The Morgan fingerprint density at radius 1 is 0.800 bits per heavy atom. The largest absolute Gasteiger partial charge is 2.00 e. The second-order valence-corrected chi connectivity index (χ2v) is 5.70. The summed E-state index contributed by atoms with van der Waals surface area (Å²) in [6.07, 6.45) is 0. The zero-order valence-corrected chi connectivity index (χ0v) is 16.7. The Bertz CT molecular complexity index is 637. The van der Waals surface area contributed by atoms with Gasteiger partial charge in [-0.05, 0) is 49.2 Å². The molecule has 0 unspecified atom stereocenters. The average Bonchev–Trinajstić information content (AvgIpc) is 2.55. The molecule has 0 aliphatic rings. The molecule has 0 spiro atoms. The maximum atomic E-state index is 10.9. The smallest absolute Gasteiger partial charge is 0.783 e. The molecule has 4 nitrogen and oxygen atoms in total. The Morgan fingerprint density at radius 3 is 1.44 bits per heavy atom. The van der Waals surface area contributed by atoms with Crippen molar-refractivity contribution in [3.63, 3.8) is 0 Å². The molecular formula is C18H20CoN2O2S2. The van der Waals surface area contributed by atoms with Crippen molar-refractivity contribution in [3.8, 4) is 0 Å². The van der Waals surface area contributed by atoms with E-state index in [4.69, 9.17) is 0 Å². The number of benzene rings is 2. The zero-order valence-electron chi connectivity index (χ0n) is 14.0. The van der Waals surface area contributed by atoms with E-state index in [2.05, 4.69) is 35.9 Å². The quantitative estimate of drug-likeness (QED) is 0.749. The monoisotopic (exact) mass is 419 g/mol. The third-order valence-electron chi connectivity index (χ3n) is 2.87. The first-order valence-electron chi connectivity index (χ1n) is 7.34. The fourth-order valence-corrected chi connectivity index (χ4v) is 1.98. The molecule has 2 N–H and O–H groups in total. The van der Waals surface area contributed by atoms with Gasteiger partial charge >= 0.3 is 16.8 Å². The van der Waals surface area contributed by atoms with E-state index in [-0.39, 0.29) is 40.1 Å². The Labute approximate surface area is 170 Å². The van der Waals surface area contributed by atoms with Crippen LogP contribution in [0.1, 0.15) is 11.1 Å². The van der Waals surface area contributed by atoms with Crippen LogP contribution in [0.15, 0.2) is 48.5 Å². The Balaban J connectivity index is 0.000000443. The summed E-state index contributed by atoms with van der Waals surface area (Å²) in [5.41, 5.74) is 3.86. The number of aryl methyl sites for hydroxylation is 2. The molecule has 0 atom stereocenters. The third-order valence-corrected chi connectivity index (χ3v) is 3.39. The first-order valence-corrected chi connectivity index (χ1v) is 8.49. The zero-order chi connectivity index (χ0) is 17.9. The summed E-state index contributed by atoms with van der Waals surface area (Å²) in [5.74, 6) is -0.0479. The van der Waals surface area contributed by atoms with Gasteiger partial charge in [0.2, 0.25) is 0 Å². The molecular weight excluding hydrogens is 399 g/mol. The van der Waals surface area contributed by atoms with Gasteiger partial charge in [-0.15, -0.1) is 0 Å². The fourth-order valence-electron chi connectivity index (χ4n) is 1.84. The summed E-state index contributed by atoms with van der Waals surface area (Å²) >= 11 is 9.19. The molecule has 1 radical (unpaired) electrons.